The SMILES string of the molecule is CCC1(CC)COC(c2ccccc2)SC1. The van der Waals surface area contributed by atoms with Crippen LogP contribution in [0.3, 0.4) is 0 Å². The van der Waals surface area contributed by atoms with Crippen molar-refractivity contribution in [3.05, 3.63) is 35.9 Å². The van der Waals surface area contributed by atoms with Gasteiger partial charge < -0.3 is 4.74 Å². The molecule has 1 aromatic rings. The van der Waals surface area contributed by atoms with Gasteiger partial charge in [-0.15, -0.1) is 11.8 Å². The summed E-state index contributed by atoms with van der Waals surface area (Å²) >= 11 is 1.95. The van der Waals surface area contributed by atoms with E-state index in [1.165, 1.54) is 24.2 Å². The van der Waals surface area contributed by atoms with Gasteiger partial charge in [0.15, 0.2) is 0 Å². The zero-order chi connectivity index (χ0) is 11.4. The second-order valence-corrected chi connectivity index (χ2v) is 5.62. The Morgan fingerprint density at radius 2 is 1.94 bits per heavy atom. The molecule has 0 aromatic heterocycles. The molecule has 88 valence electrons. The van der Waals surface area contributed by atoms with E-state index in [1.54, 1.807) is 0 Å². The molecule has 1 atom stereocenters. The molecule has 0 N–H and O–H groups in total. The van der Waals surface area contributed by atoms with E-state index in [2.05, 4.69) is 44.2 Å². The minimum Gasteiger partial charge on any atom is -0.362 e. The van der Waals surface area contributed by atoms with Crippen LogP contribution in [0.4, 0.5) is 0 Å². The van der Waals surface area contributed by atoms with Crippen LogP contribution in [0, 0.1) is 5.41 Å². The van der Waals surface area contributed by atoms with Crippen molar-refractivity contribution in [2.24, 2.45) is 5.41 Å². The third-order valence-corrected chi connectivity index (χ3v) is 5.14. The van der Waals surface area contributed by atoms with Crippen LogP contribution in [0.1, 0.15) is 37.7 Å². The summed E-state index contributed by atoms with van der Waals surface area (Å²) < 4.78 is 6.02. The van der Waals surface area contributed by atoms with Gasteiger partial charge in [-0.25, -0.2) is 0 Å². The van der Waals surface area contributed by atoms with Gasteiger partial charge in [0.2, 0.25) is 0 Å². The maximum absolute atomic E-state index is 6.02. The summed E-state index contributed by atoms with van der Waals surface area (Å²) in [5.41, 5.74) is 1.95. The summed E-state index contributed by atoms with van der Waals surface area (Å²) in [6.45, 7) is 5.46. The van der Waals surface area contributed by atoms with Crippen LogP contribution in [-0.2, 0) is 4.74 Å². The van der Waals surface area contributed by atoms with Gasteiger partial charge in [-0.2, -0.15) is 0 Å². The van der Waals surface area contributed by atoms with Crippen molar-refractivity contribution < 1.29 is 4.74 Å². The first-order chi connectivity index (χ1) is 7.79. The predicted octanol–water partition coefficient (Wildman–Crippen LogP) is 4.26. The number of benzene rings is 1. The molecule has 1 aliphatic heterocycles. The molecule has 1 saturated heterocycles. The van der Waals surface area contributed by atoms with Crippen LogP contribution in [0.25, 0.3) is 0 Å². The molecular formula is C14H20OS. The van der Waals surface area contributed by atoms with E-state index < -0.39 is 0 Å². The van der Waals surface area contributed by atoms with Crippen LogP contribution >= 0.6 is 11.8 Å². The lowest BCUT2D eigenvalue weighted by atomic mass is 9.85. The zero-order valence-corrected chi connectivity index (χ0v) is 10.9. The molecule has 0 saturated carbocycles. The molecule has 1 aliphatic rings. The summed E-state index contributed by atoms with van der Waals surface area (Å²) in [6, 6.07) is 10.5. The maximum atomic E-state index is 6.02. The molecule has 1 heterocycles. The van der Waals surface area contributed by atoms with Gasteiger partial charge >= 0.3 is 0 Å². The molecule has 0 radical (unpaired) electrons. The maximum Gasteiger partial charge on any atom is 0.128 e. The van der Waals surface area contributed by atoms with Crippen molar-refractivity contribution in [1.29, 1.82) is 0 Å². The van der Waals surface area contributed by atoms with Crippen molar-refractivity contribution in [1.82, 2.24) is 0 Å². The van der Waals surface area contributed by atoms with Crippen molar-refractivity contribution in [2.75, 3.05) is 12.4 Å². The highest BCUT2D eigenvalue weighted by Gasteiger charge is 2.33. The molecule has 2 heteroatoms. The first-order valence-electron chi connectivity index (χ1n) is 6.08. The van der Waals surface area contributed by atoms with Gasteiger partial charge in [-0.3, -0.25) is 0 Å². The lowest BCUT2D eigenvalue weighted by Gasteiger charge is -2.38. The third-order valence-electron chi connectivity index (χ3n) is 3.65. The van der Waals surface area contributed by atoms with Crippen LogP contribution in [0.5, 0.6) is 0 Å². The molecule has 1 aromatic carbocycles. The van der Waals surface area contributed by atoms with Gasteiger partial charge in [0.25, 0.3) is 0 Å². The van der Waals surface area contributed by atoms with E-state index in [0.29, 0.717) is 5.41 Å². The largest absolute Gasteiger partial charge is 0.362 e. The molecule has 1 nitrogen and oxygen atoms in total. The fourth-order valence-corrected chi connectivity index (χ4v) is 3.57. The molecule has 1 unspecified atom stereocenters. The molecular weight excluding hydrogens is 216 g/mol. The van der Waals surface area contributed by atoms with Crippen LogP contribution < -0.4 is 0 Å². The average Bonchev–Trinajstić information content (AvgIpc) is 2.40. The van der Waals surface area contributed by atoms with Gasteiger partial charge in [0.05, 0.1) is 6.61 Å². The third kappa shape index (κ3) is 2.44. The Labute approximate surface area is 103 Å². The number of thioether (sulfide) groups is 1. The van der Waals surface area contributed by atoms with Gasteiger partial charge in [-0.1, -0.05) is 44.2 Å². The fourth-order valence-electron chi connectivity index (χ4n) is 2.06. The van der Waals surface area contributed by atoms with Gasteiger partial charge in [0, 0.05) is 11.2 Å². The van der Waals surface area contributed by atoms with E-state index in [9.17, 15) is 0 Å². The Bertz CT molecular complexity index is 309. The van der Waals surface area contributed by atoms with Crippen LogP contribution in [-0.4, -0.2) is 12.4 Å². The van der Waals surface area contributed by atoms with E-state index in [0.717, 1.165) is 6.61 Å². The number of ether oxygens (including phenoxy) is 1. The van der Waals surface area contributed by atoms with Gasteiger partial charge in [0.1, 0.15) is 5.44 Å². The summed E-state index contributed by atoms with van der Waals surface area (Å²) in [5.74, 6) is 1.22. The van der Waals surface area contributed by atoms with Gasteiger partial charge in [-0.05, 0) is 18.4 Å². The highest BCUT2D eigenvalue weighted by Crippen LogP contribution is 2.44. The standard InChI is InChI=1S/C14H20OS/c1-3-14(4-2)10-15-13(16-11-14)12-8-6-5-7-9-12/h5-9,13H,3-4,10-11H2,1-2H3. The number of hydrogen-bond donors (Lipinski definition) is 0. The predicted molar refractivity (Wildman–Crippen MR) is 70.6 cm³/mol. The minimum absolute atomic E-state index is 0.243. The molecule has 16 heavy (non-hydrogen) atoms. The Morgan fingerprint density at radius 3 is 2.44 bits per heavy atom. The second kappa shape index (κ2) is 5.24. The first-order valence-corrected chi connectivity index (χ1v) is 7.13. The van der Waals surface area contributed by atoms with Crippen LogP contribution in [0.15, 0.2) is 30.3 Å². The molecule has 0 bridgehead atoms. The summed E-state index contributed by atoms with van der Waals surface area (Å²) in [4.78, 5) is 0. The number of rotatable bonds is 3. The highest BCUT2D eigenvalue weighted by molar-refractivity contribution is 7.99. The summed E-state index contributed by atoms with van der Waals surface area (Å²) in [6.07, 6.45) is 2.44. The average molecular weight is 236 g/mol. The fraction of sp³-hybridized carbons (Fsp3) is 0.571. The monoisotopic (exact) mass is 236 g/mol. The van der Waals surface area contributed by atoms with Crippen molar-refractivity contribution in [3.8, 4) is 0 Å². The Morgan fingerprint density at radius 1 is 1.25 bits per heavy atom. The van der Waals surface area contributed by atoms with Crippen molar-refractivity contribution in [2.45, 2.75) is 32.1 Å². The minimum atomic E-state index is 0.243. The van der Waals surface area contributed by atoms with Crippen molar-refractivity contribution in [3.63, 3.8) is 0 Å². The summed E-state index contributed by atoms with van der Waals surface area (Å²) in [5, 5.41) is 0. The quantitative estimate of drug-likeness (QED) is 0.775. The van der Waals surface area contributed by atoms with Crippen LogP contribution in [0.2, 0.25) is 0 Å². The Balaban J connectivity index is 2.00. The zero-order valence-electron chi connectivity index (χ0n) is 10.1. The normalized spacial score (nSPS) is 24.2. The number of hydrogen-bond acceptors (Lipinski definition) is 2. The molecule has 0 aliphatic carbocycles. The highest BCUT2D eigenvalue weighted by atomic mass is 32.2. The smallest absolute Gasteiger partial charge is 0.128 e. The molecule has 0 spiro atoms. The van der Waals surface area contributed by atoms with E-state index in [4.69, 9.17) is 4.74 Å². The molecule has 2 rings (SSSR count). The van der Waals surface area contributed by atoms with Crippen molar-refractivity contribution >= 4 is 11.8 Å². The lowest BCUT2D eigenvalue weighted by Crippen LogP contribution is -2.33. The molecule has 1 fully saturated rings. The Hall–Kier alpha value is -0.470. The van der Waals surface area contributed by atoms with E-state index in [1.807, 2.05) is 11.8 Å². The summed E-state index contributed by atoms with van der Waals surface area (Å²) in [7, 11) is 0. The van der Waals surface area contributed by atoms with E-state index >= 15 is 0 Å². The first kappa shape index (κ1) is 12.0. The second-order valence-electron chi connectivity index (χ2n) is 4.57. The topological polar surface area (TPSA) is 9.23 Å². The lowest BCUT2D eigenvalue weighted by molar-refractivity contribution is 0.0231. The Kier molecular flexibility index (Phi) is 3.93. The molecule has 0 amide bonds. The van der Waals surface area contributed by atoms with E-state index in [-0.39, 0.29) is 5.44 Å².